The zero-order valence-electron chi connectivity index (χ0n) is 18.9. The number of likely N-dealkylation sites (tertiary alicyclic amines) is 1. The largest absolute Gasteiger partial charge is 0.368 e. The molecule has 2 aliphatic rings. The van der Waals surface area contributed by atoms with Crippen molar-refractivity contribution in [3.8, 4) is 0 Å². The van der Waals surface area contributed by atoms with Crippen LogP contribution in [0.2, 0.25) is 0 Å². The molecule has 0 radical (unpaired) electrons. The van der Waals surface area contributed by atoms with Gasteiger partial charge in [-0.05, 0) is 43.6 Å². The van der Waals surface area contributed by atoms with E-state index in [1.54, 1.807) is 12.1 Å². The van der Waals surface area contributed by atoms with Crippen molar-refractivity contribution in [3.63, 3.8) is 0 Å². The molecule has 1 saturated heterocycles. The van der Waals surface area contributed by atoms with E-state index in [1.807, 2.05) is 0 Å². The van der Waals surface area contributed by atoms with Crippen molar-refractivity contribution in [3.05, 3.63) is 59.5 Å². The van der Waals surface area contributed by atoms with E-state index in [1.165, 1.54) is 30.5 Å². The Morgan fingerprint density at radius 3 is 2.90 bits per heavy atom. The number of likely N-dealkylation sites (N-methyl/N-ethyl adjacent to an activating group) is 1. The third kappa shape index (κ3) is 3.21. The van der Waals surface area contributed by atoms with Crippen LogP contribution in [0.4, 0.5) is 10.2 Å². The molecule has 8 nitrogen and oxygen atoms in total. The number of aromatic nitrogens is 1. The van der Waals surface area contributed by atoms with Crippen LogP contribution < -0.4 is 16.4 Å². The number of nitrogens with two attached hydrogens (primary N) is 1. The molecule has 4 rings (SSSR count). The quantitative estimate of drug-likeness (QED) is 0.652. The SMILES string of the molecule is [2H]C([2H])([2H])N[C@@H](Cc1ccc(F)cc1)C(=O)N1C[C@]2(C[C@H]1C(N)=O)C(=O)Nc1ncccc12. The summed E-state index contributed by atoms with van der Waals surface area (Å²) in [6, 6.07) is 6.26. The Kier molecular flexibility index (Phi) is 4.11. The van der Waals surface area contributed by atoms with Crippen LogP contribution in [-0.4, -0.2) is 53.2 Å². The number of hydrogen-bond donors (Lipinski definition) is 3. The lowest BCUT2D eigenvalue weighted by molar-refractivity contribution is -0.139. The second-order valence-corrected chi connectivity index (χ2v) is 7.55. The van der Waals surface area contributed by atoms with Crippen LogP contribution in [0, 0.1) is 5.82 Å². The molecule has 3 heterocycles. The minimum absolute atomic E-state index is 0.0460. The Balaban J connectivity index is 1.68. The van der Waals surface area contributed by atoms with E-state index in [0.29, 0.717) is 16.9 Å². The minimum Gasteiger partial charge on any atom is -0.368 e. The Labute approximate surface area is 176 Å². The maximum atomic E-state index is 13.6. The number of hydrogen-bond acceptors (Lipinski definition) is 5. The number of nitrogens with one attached hydrogen (secondary N) is 2. The molecule has 3 atom stereocenters. The van der Waals surface area contributed by atoms with Gasteiger partial charge in [-0.15, -0.1) is 0 Å². The second-order valence-electron chi connectivity index (χ2n) is 7.55. The van der Waals surface area contributed by atoms with Gasteiger partial charge < -0.3 is 21.3 Å². The zero-order valence-corrected chi connectivity index (χ0v) is 15.9. The fraction of sp³-hybridized carbons (Fsp3) is 0.333. The molecule has 9 heteroatoms. The number of carbonyl (C=O) groups is 3. The smallest absolute Gasteiger partial charge is 0.240 e. The van der Waals surface area contributed by atoms with Gasteiger partial charge in [-0.1, -0.05) is 18.2 Å². The minimum atomic E-state index is -2.67. The normalized spacial score (nSPS) is 25.2. The van der Waals surface area contributed by atoms with E-state index in [9.17, 15) is 18.8 Å². The summed E-state index contributed by atoms with van der Waals surface area (Å²) >= 11 is 0. The highest BCUT2D eigenvalue weighted by Crippen LogP contribution is 2.45. The van der Waals surface area contributed by atoms with Gasteiger partial charge in [-0.2, -0.15) is 0 Å². The third-order valence-corrected chi connectivity index (χ3v) is 5.79. The molecule has 3 amide bonds. The van der Waals surface area contributed by atoms with Crippen molar-refractivity contribution in [1.82, 2.24) is 15.2 Å². The van der Waals surface area contributed by atoms with Gasteiger partial charge in [0.15, 0.2) is 0 Å². The molecule has 156 valence electrons. The van der Waals surface area contributed by atoms with Gasteiger partial charge in [0.25, 0.3) is 0 Å². The van der Waals surface area contributed by atoms with E-state index in [0.717, 1.165) is 4.90 Å². The van der Waals surface area contributed by atoms with Crippen LogP contribution in [0.15, 0.2) is 42.6 Å². The van der Waals surface area contributed by atoms with E-state index >= 15 is 0 Å². The third-order valence-electron chi connectivity index (χ3n) is 5.79. The highest BCUT2D eigenvalue weighted by atomic mass is 19.1. The molecular weight excluding hydrogens is 389 g/mol. The average molecular weight is 414 g/mol. The molecule has 0 bridgehead atoms. The molecule has 2 aromatic rings. The number of rotatable bonds is 5. The van der Waals surface area contributed by atoms with Crippen LogP contribution in [0.1, 0.15) is 21.7 Å². The van der Waals surface area contributed by atoms with Crippen molar-refractivity contribution < 1.29 is 22.9 Å². The summed E-state index contributed by atoms with van der Waals surface area (Å²) in [5.74, 6) is -2.03. The molecule has 1 aromatic heterocycles. The fourth-order valence-corrected chi connectivity index (χ4v) is 4.25. The lowest BCUT2D eigenvalue weighted by Crippen LogP contribution is -2.52. The molecule has 1 fully saturated rings. The number of fused-ring (bicyclic) bond motifs is 2. The summed E-state index contributed by atoms with van der Waals surface area (Å²) in [4.78, 5) is 44.1. The molecule has 4 N–H and O–H groups in total. The van der Waals surface area contributed by atoms with Gasteiger partial charge in [-0.25, -0.2) is 9.37 Å². The highest BCUT2D eigenvalue weighted by molar-refractivity contribution is 6.07. The Bertz CT molecular complexity index is 1110. The number of amides is 3. The highest BCUT2D eigenvalue weighted by Gasteiger charge is 2.57. The van der Waals surface area contributed by atoms with Gasteiger partial charge in [0.05, 0.1) is 11.5 Å². The molecular formula is C21H22FN5O3. The average Bonchev–Trinajstić information content (AvgIpc) is 3.27. The maximum Gasteiger partial charge on any atom is 0.240 e. The van der Waals surface area contributed by atoms with Gasteiger partial charge >= 0.3 is 0 Å². The van der Waals surface area contributed by atoms with Crippen molar-refractivity contribution in [1.29, 1.82) is 0 Å². The van der Waals surface area contributed by atoms with Gasteiger partial charge in [-0.3, -0.25) is 14.4 Å². The van der Waals surface area contributed by atoms with Gasteiger partial charge in [0.2, 0.25) is 17.7 Å². The zero-order chi connectivity index (χ0) is 24.0. The maximum absolute atomic E-state index is 13.6. The first kappa shape index (κ1) is 16.5. The van der Waals surface area contributed by atoms with Crippen LogP contribution in [0.3, 0.4) is 0 Å². The van der Waals surface area contributed by atoms with Crippen LogP contribution >= 0.6 is 0 Å². The van der Waals surface area contributed by atoms with Crippen molar-refractivity contribution in [2.45, 2.75) is 30.3 Å². The summed E-state index contributed by atoms with van der Waals surface area (Å²) in [5.41, 5.74) is 5.43. The summed E-state index contributed by atoms with van der Waals surface area (Å²) in [6.07, 6.45) is 1.40. The number of nitrogens with zero attached hydrogens (tertiary/aromatic N) is 2. The molecule has 1 aromatic carbocycles. The first-order valence-electron chi connectivity index (χ1n) is 10.9. The number of primary amides is 1. The standard InChI is InChI=1S/C21H22FN5O3/c1-24-15(9-12-4-6-13(22)7-5-12)19(29)27-11-21(10-16(27)17(23)28)14-3-2-8-25-18(14)26-20(21)30/h2-8,15-16,24H,9-11H2,1H3,(H2,23,28)(H,25,26,30)/t15-,16-,21-/m0/s1/i1D3. The van der Waals surface area contributed by atoms with Gasteiger partial charge in [0, 0.05) is 22.4 Å². The summed E-state index contributed by atoms with van der Waals surface area (Å²) in [5, 5.41) is 5.00. The van der Waals surface area contributed by atoms with E-state index < -0.39 is 48.0 Å². The molecule has 0 unspecified atom stereocenters. The van der Waals surface area contributed by atoms with E-state index in [-0.39, 0.29) is 19.4 Å². The molecule has 0 aliphatic carbocycles. The predicted octanol–water partition coefficient (Wildman–Crippen LogP) is 0.328. The molecule has 2 aliphatic heterocycles. The van der Waals surface area contributed by atoms with Crippen molar-refractivity contribution in [2.75, 3.05) is 18.8 Å². The van der Waals surface area contributed by atoms with Crippen LogP contribution in [0.5, 0.6) is 0 Å². The fourth-order valence-electron chi connectivity index (χ4n) is 4.25. The topological polar surface area (TPSA) is 117 Å². The molecule has 0 saturated carbocycles. The summed E-state index contributed by atoms with van der Waals surface area (Å²) in [6.45, 7) is -2.83. The molecule has 30 heavy (non-hydrogen) atoms. The lowest BCUT2D eigenvalue weighted by Gasteiger charge is -2.28. The van der Waals surface area contributed by atoms with Crippen molar-refractivity contribution in [2.24, 2.45) is 5.73 Å². The second kappa shape index (κ2) is 7.49. The lowest BCUT2D eigenvalue weighted by atomic mass is 9.80. The van der Waals surface area contributed by atoms with E-state index in [2.05, 4.69) is 15.6 Å². The number of anilines is 1. The number of halogens is 1. The Morgan fingerprint density at radius 1 is 1.43 bits per heavy atom. The van der Waals surface area contributed by atoms with Crippen molar-refractivity contribution >= 4 is 23.5 Å². The Hall–Kier alpha value is -3.33. The predicted molar refractivity (Wildman–Crippen MR) is 107 cm³/mol. The number of benzene rings is 1. The molecule has 1 spiro atoms. The van der Waals surface area contributed by atoms with E-state index in [4.69, 9.17) is 9.85 Å². The Morgan fingerprint density at radius 2 is 2.20 bits per heavy atom. The number of pyridine rings is 1. The van der Waals surface area contributed by atoms with Crippen LogP contribution in [0.25, 0.3) is 0 Å². The summed E-state index contributed by atoms with van der Waals surface area (Å²) < 4.78 is 36.0. The first-order chi connectivity index (χ1) is 15.5. The van der Waals surface area contributed by atoms with Crippen LogP contribution in [-0.2, 0) is 26.2 Å². The number of carbonyl (C=O) groups excluding carboxylic acids is 3. The summed E-state index contributed by atoms with van der Waals surface area (Å²) in [7, 11) is 0. The first-order valence-corrected chi connectivity index (χ1v) is 9.39. The van der Waals surface area contributed by atoms with Gasteiger partial charge in [0.1, 0.15) is 17.7 Å². The monoisotopic (exact) mass is 414 g/mol.